The van der Waals surface area contributed by atoms with Crippen LogP contribution in [0.1, 0.15) is 6.42 Å². The lowest BCUT2D eigenvalue weighted by atomic mass is 10.3. The number of carbonyl (C=O) groups is 1. The highest BCUT2D eigenvalue weighted by molar-refractivity contribution is 7.99. The Morgan fingerprint density at radius 3 is 2.43 bits per heavy atom. The second-order valence-electron chi connectivity index (χ2n) is 4.79. The lowest BCUT2D eigenvalue weighted by Gasteiger charge is -2.08. The van der Waals surface area contributed by atoms with Gasteiger partial charge in [0.2, 0.25) is 5.91 Å². The Bertz CT molecular complexity index is 587. The third-order valence-corrected chi connectivity index (χ3v) is 4.11. The van der Waals surface area contributed by atoms with E-state index in [1.807, 2.05) is 54.6 Å². The van der Waals surface area contributed by atoms with Crippen molar-refractivity contribution in [1.29, 1.82) is 0 Å². The molecule has 0 radical (unpaired) electrons. The zero-order chi connectivity index (χ0) is 16.3. The molecule has 23 heavy (non-hydrogen) atoms. The Hall–Kier alpha value is -2.14. The van der Waals surface area contributed by atoms with Crippen molar-refractivity contribution in [3.05, 3.63) is 54.6 Å². The lowest BCUT2D eigenvalue weighted by Crippen LogP contribution is -2.28. The minimum Gasteiger partial charge on any atom is -0.497 e. The van der Waals surface area contributed by atoms with Crippen molar-refractivity contribution in [3.8, 4) is 11.5 Å². The Balaban J connectivity index is 1.55. The van der Waals surface area contributed by atoms with Gasteiger partial charge in [-0.2, -0.15) is 0 Å². The Morgan fingerprint density at radius 1 is 1.04 bits per heavy atom. The van der Waals surface area contributed by atoms with Crippen LogP contribution in [0.25, 0.3) is 0 Å². The van der Waals surface area contributed by atoms with E-state index in [-0.39, 0.29) is 5.91 Å². The fourth-order valence-corrected chi connectivity index (χ4v) is 2.77. The van der Waals surface area contributed by atoms with Crippen LogP contribution >= 0.6 is 11.8 Å². The molecule has 4 nitrogen and oxygen atoms in total. The molecule has 1 N–H and O–H groups in total. The Labute approximate surface area is 141 Å². The van der Waals surface area contributed by atoms with Crippen LogP contribution in [0.3, 0.4) is 0 Å². The number of rotatable bonds is 9. The normalized spacial score (nSPS) is 10.1. The van der Waals surface area contributed by atoms with Crippen molar-refractivity contribution < 1.29 is 14.3 Å². The number of carbonyl (C=O) groups excluding carboxylic acids is 1. The average molecular weight is 331 g/mol. The number of methoxy groups -OCH3 is 1. The molecule has 2 aromatic carbocycles. The summed E-state index contributed by atoms with van der Waals surface area (Å²) >= 11 is 1.68. The molecule has 0 aliphatic rings. The monoisotopic (exact) mass is 331 g/mol. The molecule has 0 aliphatic carbocycles. The Morgan fingerprint density at radius 2 is 1.74 bits per heavy atom. The van der Waals surface area contributed by atoms with Gasteiger partial charge in [-0.25, -0.2) is 0 Å². The molecule has 0 bridgehead atoms. The van der Waals surface area contributed by atoms with E-state index in [1.54, 1.807) is 18.9 Å². The van der Waals surface area contributed by atoms with Gasteiger partial charge in [0.15, 0.2) is 0 Å². The number of thioether (sulfide) groups is 1. The fourth-order valence-electron chi connectivity index (χ4n) is 1.90. The van der Waals surface area contributed by atoms with Gasteiger partial charge in [0.05, 0.1) is 13.7 Å². The highest BCUT2D eigenvalue weighted by Gasteiger charge is 2.02. The molecule has 0 heterocycles. The van der Waals surface area contributed by atoms with Crippen LogP contribution in [-0.4, -0.2) is 31.9 Å². The first-order valence-electron chi connectivity index (χ1n) is 7.49. The molecule has 2 rings (SSSR count). The zero-order valence-electron chi connectivity index (χ0n) is 13.2. The van der Waals surface area contributed by atoms with E-state index < -0.39 is 0 Å². The summed E-state index contributed by atoms with van der Waals surface area (Å²) in [5.41, 5.74) is 0. The summed E-state index contributed by atoms with van der Waals surface area (Å²) in [4.78, 5) is 12.9. The van der Waals surface area contributed by atoms with Crippen LogP contribution in [0.2, 0.25) is 0 Å². The summed E-state index contributed by atoms with van der Waals surface area (Å²) in [6.45, 7) is 0.949. The van der Waals surface area contributed by atoms with Crippen molar-refractivity contribution in [2.75, 3.05) is 26.0 Å². The molecular weight excluding hydrogens is 310 g/mol. The van der Waals surface area contributed by atoms with Gasteiger partial charge in [-0.05, 0) is 36.4 Å². The maximum Gasteiger partial charge on any atom is 0.220 e. The number of ether oxygens (including phenoxy) is 2. The molecule has 0 saturated heterocycles. The molecule has 0 spiro atoms. The first-order valence-corrected chi connectivity index (χ1v) is 8.48. The SMILES string of the molecule is COc1ccc(OCCNC(=O)CCSc2ccccc2)cc1. The molecule has 0 aliphatic heterocycles. The van der Waals surface area contributed by atoms with Crippen molar-refractivity contribution in [1.82, 2.24) is 5.32 Å². The summed E-state index contributed by atoms with van der Waals surface area (Å²) in [5.74, 6) is 2.38. The van der Waals surface area contributed by atoms with Gasteiger partial charge in [0, 0.05) is 17.1 Å². The quantitative estimate of drug-likeness (QED) is 0.565. The fraction of sp³-hybridized carbons (Fsp3) is 0.278. The van der Waals surface area contributed by atoms with Gasteiger partial charge in [-0.15, -0.1) is 11.8 Å². The van der Waals surface area contributed by atoms with Crippen LogP contribution in [0, 0.1) is 0 Å². The first-order chi connectivity index (χ1) is 11.3. The number of benzene rings is 2. The predicted molar refractivity (Wildman–Crippen MR) is 93.3 cm³/mol. The van der Waals surface area contributed by atoms with Crippen LogP contribution in [-0.2, 0) is 4.79 Å². The number of hydrogen-bond donors (Lipinski definition) is 1. The largest absolute Gasteiger partial charge is 0.497 e. The standard InChI is InChI=1S/C18H21NO3S/c1-21-15-7-9-16(10-8-15)22-13-12-19-18(20)11-14-23-17-5-3-2-4-6-17/h2-10H,11-14H2,1H3,(H,19,20). The second-order valence-corrected chi connectivity index (χ2v) is 5.95. The molecule has 0 aromatic heterocycles. The van der Waals surface area contributed by atoms with Crippen molar-refractivity contribution in [2.24, 2.45) is 0 Å². The lowest BCUT2D eigenvalue weighted by molar-refractivity contribution is -0.120. The molecule has 0 atom stereocenters. The smallest absolute Gasteiger partial charge is 0.220 e. The van der Waals surface area contributed by atoms with Gasteiger partial charge in [0.25, 0.3) is 0 Å². The van der Waals surface area contributed by atoms with E-state index in [1.165, 1.54) is 4.90 Å². The van der Waals surface area contributed by atoms with E-state index >= 15 is 0 Å². The summed E-state index contributed by atoms with van der Waals surface area (Å²) in [7, 11) is 1.63. The van der Waals surface area contributed by atoms with E-state index in [9.17, 15) is 4.79 Å². The van der Waals surface area contributed by atoms with Gasteiger partial charge in [0.1, 0.15) is 18.1 Å². The molecule has 122 valence electrons. The van der Waals surface area contributed by atoms with Crippen molar-refractivity contribution in [2.45, 2.75) is 11.3 Å². The van der Waals surface area contributed by atoms with Crippen LogP contribution in [0.5, 0.6) is 11.5 Å². The summed E-state index contributed by atoms with van der Waals surface area (Å²) in [6.07, 6.45) is 0.502. The van der Waals surface area contributed by atoms with E-state index in [4.69, 9.17) is 9.47 Å². The van der Waals surface area contributed by atoms with Crippen molar-refractivity contribution in [3.63, 3.8) is 0 Å². The van der Waals surface area contributed by atoms with E-state index in [0.717, 1.165) is 17.3 Å². The van der Waals surface area contributed by atoms with Gasteiger partial charge >= 0.3 is 0 Å². The third-order valence-electron chi connectivity index (χ3n) is 3.09. The summed E-state index contributed by atoms with van der Waals surface area (Å²) < 4.78 is 10.6. The minimum absolute atomic E-state index is 0.0479. The third kappa shape index (κ3) is 6.65. The van der Waals surface area contributed by atoms with Crippen LogP contribution in [0.4, 0.5) is 0 Å². The molecule has 0 unspecified atom stereocenters. The number of amides is 1. The molecule has 1 amide bonds. The molecule has 0 fully saturated rings. The highest BCUT2D eigenvalue weighted by atomic mass is 32.2. The van der Waals surface area contributed by atoms with Gasteiger partial charge in [-0.1, -0.05) is 18.2 Å². The van der Waals surface area contributed by atoms with E-state index in [0.29, 0.717) is 19.6 Å². The molecular formula is C18H21NO3S. The van der Waals surface area contributed by atoms with Gasteiger partial charge in [-0.3, -0.25) is 4.79 Å². The number of nitrogens with one attached hydrogen (secondary N) is 1. The van der Waals surface area contributed by atoms with Gasteiger partial charge < -0.3 is 14.8 Å². The number of hydrogen-bond acceptors (Lipinski definition) is 4. The zero-order valence-corrected chi connectivity index (χ0v) is 14.0. The average Bonchev–Trinajstić information content (AvgIpc) is 2.60. The summed E-state index contributed by atoms with van der Waals surface area (Å²) in [5, 5.41) is 2.86. The Kier molecular flexibility index (Phi) is 7.33. The molecule has 5 heteroatoms. The topological polar surface area (TPSA) is 47.6 Å². The second kappa shape index (κ2) is 9.79. The van der Waals surface area contributed by atoms with Crippen LogP contribution in [0.15, 0.2) is 59.5 Å². The molecule has 0 saturated carbocycles. The highest BCUT2D eigenvalue weighted by Crippen LogP contribution is 2.18. The predicted octanol–water partition coefficient (Wildman–Crippen LogP) is 3.37. The minimum atomic E-state index is 0.0479. The maximum absolute atomic E-state index is 11.7. The van der Waals surface area contributed by atoms with Crippen LogP contribution < -0.4 is 14.8 Å². The molecule has 2 aromatic rings. The summed E-state index contributed by atoms with van der Waals surface area (Å²) in [6, 6.07) is 17.5. The van der Waals surface area contributed by atoms with E-state index in [2.05, 4.69) is 5.32 Å². The maximum atomic E-state index is 11.7. The van der Waals surface area contributed by atoms with Crippen molar-refractivity contribution >= 4 is 17.7 Å². The first kappa shape index (κ1) is 17.2.